The van der Waals surface area contributed by atoms with Crippen LogP contribution in [-0.4, -0.2) is 22.2 Å². The first-order valence-corrected chi connectivity index (χ1v) is 14.6. The van der Waals surface area contributed by atoms with Gasteiger partial charge in [0.15, 0.2) is 0 Å². The summed E-state index contributed by atoms with van der Waals surface area (Å²) in [6.07, 6.45) is 0. The van der Waals surface area contributed by atoms with E-state index in [4.69, 9.17) is 0 Å². The van der Waals surface area contributed by atoms with Crippen molar-refractivity contribution >= 4 is 46.1 Å². The molecule has 6 heteroatoms. The molecule has 0 saturated heterocycles. The van der Waals surface area contributed by atoms with Crippen LogP contribution in [-0.2, 0) is 5.41 Å². The molecule has 0 amide bonds. The summed E-state index contributed by atoms with van der Waals surface area (Å²) in [7, 11) is 0. The maximum Gasteiger partial charge on any atom is 0.335 e. The summed E-state index contributed by atoms with van der Waals surface area (Å²) in [6, 6.07) is 47.7. The number of carbonyl (C=O) groups is 2. The molecule has 0 unspecified atom stereocenters. The first kappa shape index (κ1) is 26.5. The highest BCUT2D eigenvalue weighted by molar-refractivity contribution is 5.97. The zero-order valence-corrected chi connectivity index (χ0v) is 24.0. The van der Waals surface area contributed by atoms with Gasteiger partial charge in [-0.1, -0.05) is 72.8 Å². The molecular weight excluding hydrogens is 560 g/mol. The van der Waals surface area contributed by atoms with Crippen LogP contribution in [0.4, 0.5) is 34.1 Å². The molecule has 0 fully saturated rings. The molecule has 0 radical (unpaired) electrons. The van der Waals surface area contributed by atoms with E-state index in [1.807, 2.05) is 48.5 Å². The molecule has 2 aliphatic heterocycles. The topological polar surface area (TPSA) is 81.1 Å². The Morgan fingerprint density at radius 2 is 0.667 bits per heavy atom. The smallest absolute Gasteiger partial charge is 0.335 e. The summed E-state index contributed by atoms with van der Waals surface area (Å²) in [5, 5.41) is 19.1. The van der Waals surface area contributed by atoms with E-state index in [1.54, 1.807) is 24.3 Å². The number of hydrogen-bond acceptors (Lipinski definition) is 4. The summed E-state index contributed by atoms with van der Waals surface area (Å²) in [6.45, 7) is 0. The maximum atomic E-state index is 11.7. The molecule has 2 N–H and O–H groups in total. The highest BCUT2D eigenvalue weighted by Crippen LogP contribution is 2.63. The Hall–Kier alpha value is -6.14. The second-order valence-corrected chi connectivity index (χ2v) is 11.2. The minimum absolute atomic E-state index is 0.236. The zero-order valence-electron chi connectivity index (χ0n) is 24.0. The quantitative estimate of drug-likeness (QED) is 0.214. The van der Waals surface area contributed by atoms with Crippen LogP contribution < -0.4 is 9.80 Å². The lowest BCUT2D eigenvalue weighted by Gasteiger charge is -2.51. The second-order valence-electron chi connectivity index (χ2n) is 11.2. The molecule has 45 heavy (non-hydrogen) atoms. The number of rotatable bonds is 4. The van der Waals surface area contributed by atoms with Crippen LogP contribution in [0.15, 0.2) is 146 Å². The van der Waals surface area contributed by atoms with Crippen LogP contribution in [0.25, 0.3) is 0 Å². The summed E-state index contributed by atoms with van der Waals surface area (Å²) >= 11 is 0. The largest absolute Gasteiger partial charge is 0.478 e. The van der Waals surface area contributed by atoms with E-state index in [9.17, 15) is 19.8 Å². The molecule has 2 heterocycles. The number of carboxylic acids is 2. The van der Waals surface area contributed by atoms with E-state index >= 15 is 0 Å². The number of carboxylic acid groups (broad SMARTS) is 2. The monoisotopic (exact) mass is 586 g/mol. The fraction of sp³-hybridized carbons (Fsp3) is 0.0256. The Bertz CT molecular complexity index is 1880. The molecule has 2 aliphatic rings. The van der Waals surface area contributed by atoms with E-state index in [0.717, 1.165) is 56.4 Å². The SMILES string of the molecule is O=C(O)c1ccc(N2c3ccccc3C3(c4ccccc42)c2ccccc2N(c2ccc(C(=O)O)cc2)c2ccccc23)cc1. The minimum atomic E-state index is -0.961. The highest BCUT2D eigenvalue weighted by atomic mass is 16.4. The molecular formula is C39H26N2O4. The van der Waals surface area contributed by atoms with Gasteiger partial charge in [-0.25, -0.2) is 9.59 Å². The molecule has 0 aliphatic carbocycles. The number of aromatic carboxylic acids is 2. The first-order valence-electron chi connectivity index (χ1n) is 14.6. The number of hydrogen-bond donors (Lipinski definition) is 2. The van der Waals surface area contributed by atoms with Crippen LogP contribution in [0.1, 0.15) is 43.0 Å². The van der Waals surface area contributed by atoms with Crippen LogP contribution in [0.5, 0.6) is 0 Å². The molecule has 8 rings (SSSR count). The zero-order chi connectivity index (χ0) is 30.7. The van der Waals surface area contributed by atoms with Crippen molar-refractivity contribution in [3.8, 4) is 0 Å². The lowest BCUT2D eigenvalue weighted by atomic mass is 9.60. The van der Waals surface area contributed by atoms with E-state index < -0.39 is 17.4 Å². The third-order valence-electron chi connectivity index (χ3n) is 8.94. The van der Waals surface area contributed by atoms with Crippen molar-refractivity contribution < 1.29 is 19.8 Å². The Morgan fingerprint density at radius 3 is 0.933 bits per heavy atom. The summed E-state index contributed by atoms with van der Waals surface area (Å²) in [4.78, 5) is 27.7. The van der Waals surface area contributed by atoms with Gasteiger partial charge in [0.1, 0.15) is 0 Å². The van der Waals surface area contributed by atoms with Gasteiger partial charge in [-0.2, -0.15) is 0 Å². The number of benzene rings is 6. The van der Waals surface area contributed by atoms with E-state index in [1.165, 1.54) is 0 Å². The van der Waals surface area contributed by atoms with E-state index in [2.05, 4.69) is 82.6 Å². The number of nitrogens with zero attached hydrogens (tertiary/aromatic N) is 2. The molecule has 0 aromatic heterocycles. The third-order valence-corrected chi connectivity index (χ3v) is 8.94. The van der Waals surface area contributed by atoms with Gasteiger partial charge in [0.25, 0.3) is 0 Å². The molecule has 0 atom stereocenters. The lowest BCUT2D eigenvalue weighted by Crippen LogP contribution is -2.41. The highest BCUT2D eigenvalue weighted by Gasteiger charge is 2.51. The van der Waals surface area contributed by atoms with Crippen molar-refractivity contribution in [2.75, 3.05) is 9.80 Å². The van der Waals surface area contributed by atoms with Gasteiger partial charge < -0.3 is 20.0 Å². The van der Waals surface area contributed by atoms with Gasteiger partial charge in [0.05, 0.1) is 39.3 Å². The number of para-hydroxylation sites is 4. The van der Waals surface area contributed by atoms with E-state index in [0.29, 0.717) is 0 Å². The van der Waals surface area contributed by atoms with Gasteiger partial charge in [-0.15, -0.1) is 0 Å². The van der Waals surface area contributed by atoms with Gasteiger partial charge >= 0.3 is 11.9 Å². The third kappa shape index (κ3) is 3.76. The second kappa shape index (κ2) is 9.96. The standard InChI is InChI=1S/C39H26N2O4/c42-37(43)25-17-21-27(22-18-25)40-33-13-5-1-9-29(33)39(30-10-2-6-14-34(30)40)31-11-3-7-15-35(31)41(36-16-8-4-12-32(36)39)28-23-19-26(20-24-28)38(44)45/h1-24H,(H,42,43)(H,44,45). The van der Waals surface area contributed by atoms with Crippen molar-refractivity contribution in [1.29, 1.82) is 0 Å². The molecule has 0 saturated carbocycles. The molecule has 0 bridgehead atoms. The van der Waals surface area contributed by atoms with Crippen LogP contribution in [0.2, 0.25) is 0 Å². The lowest BCUT2D eigenvalue weighted by molar-refractivity contribution is 0.0686. The van der Waals surface area contributed by atoms with Crippen molar-refractivity contribution in [3.63, 3.8) is 0 Å². The average molecular weight is 587 g/mol. The molecule has 6 aromatic carbocycles. The summed E-state index contributed by atoms with van der Waals surface area (Å²) < 4.78 is 0. The van der Waals surface area contributed by atoms with Crippen molar-refractivity contribution in [2.24, 2.45) is 0 Å². The summed E-state index contributed by atoms with van der Waals surface area (Å²) in [5.74, 6) is -1.92. The Morgan fingerprint density at radius 1 is 0.400 bits per heavy atom. The van der Waals surface area contributed by atoms with Crippen LogP contribution in [0, 0.1) is 0 Å². The molecule has 6 nitrogen and oxygen atoms in total. The van der Waals surface area contributed by atoms with Crippen molar-refractivity contribution in [1.82, 2.24) is 0 Å². The predicted molar refractivity (Wildman–Crippen MR) is 175 cm³/mol. The summed E-state index contributed by atoms with van der Waals surface area (Å²) in [5.41, 5.74) is 9.95. The number of anilines is 6. The fourth-order valence-corrected chi connectivity index (χ4v) is 7.14. The molecule has 6 aromatic rings. The predicted octanol–water partition coefficient (Wildman–Crippen LogP) is 9.03. The van der Waals surface area contributed by atoms with Crippen molar-refractivity contribution in [3.05, 3.63) is 179 Å². The van der Waals surface area contributed by atoms with Crippen LogP contribution >= 0.6 is 0 Å². The minimum Gasteiger partial charge on any atom is -0.478 e. The van der Waals surface area contributed by atoms with Gasteiger partial charge in [-0.05, 0) is 95.1 Å². The van der Waals surface area contributed by atoms with Crippen LogP contribution in [0.3, 0.4) is 0 Å². The van der Waals surface area contributed by atoms with Gasteiger partial charge in [0, 0.05) is 11.4 Å². The van der Waals surface area contributed by atoms with Gasteiger partial charge in [0.2, 0.25) is 0 Å². The average Bonchev–Trinajstić information content (AvgIpc) is 3.08. The maximum absolute atomic E-state index is 11.7. The Kier molecular flexibility index (Phi) is 5.86. The van der Waals surface area contributed by atoms with E-state index in [-0.39, 0.29) is 11.1 Å². The first-order chi connectivity index (χ1) is 22.0. The molecule has 1 spiro atoms. The van der Waals surface area contributed by atoms with Gasteiger partial charge in [-0.3, -0.25) is 0 Å². The Balaban J connectivity index is 1.44. The molecule has 216 valence electrons. The Labute approximate surface area is 259 Å². The number of fused-ring (bicyclic) bond motifs is 8. The van der Waals surface area contributed by atoms with Crippen molar-refractivity contribution in [2.45, 2.75) is 5.41 Å². The fourth-order valence-electron chi connectivity index (χ4n) is 7.14. The normalized spacial score (nSPS) is 13.8.